The molecule has 11 heavy (non-hydrogen) atoms. The van der Waals surface area contributed by atoms with E-state index in [2.05, 4.69) is 5.10 Å². The average Bonchev–Trinajstić information content (AvgIpc) is 2.01. The van der Waals surface area contributed by atoms with E-state index < -0.39 is 6.73 Å². The van der Waals surface area contributed by atoms with Crippen LogP contribution in [0.2, 0.25) is 5.02 Å². The van der Waals surface area contributed by atoms with Crippen molar-refractivity contribution in [2.75, 3.05) is 0 Å². The summed E-state index contributed by atoms with van der Waals surface area (Å²) in [7, 11) is 0. The van der Waals surface area contributed by atoms with Gasteiger partial charge in [-0.15, -0.1) is 0 Å². The highest BCUT2D eigenvalue weighted by molar-refractivity contribution is 14.1. The number of aliphatic hydroxyl groups is 1. The van der Waals surface area contributed by atoms with Gasteiger partial charge in [0.05, 0.1) is 11.2 Å². The summed E-state index contributed by atoms with van der Waals surface area (Å²) in [5.74, 6) is 0. The van der Waals surface area contributed by atoms with Crippen LogP contribution < -0.4 is 5.56 Å². The first-order chi connectivity index (χ1) is 5.16. The zero-order chi connectivity index (χ0) is 8.43. The van der Waals surface area contributed by atoms with Crippen molar-refractivity contribution < 1.29 is 5.11 Å². The van der Waals surface area contributed by atoms with Crippen LogP contribution in [0.15, 0.2) is 11.0 Å². The Labute approximate surface area is 80.9 Å². The van der Waals surface area contributed by atoms with Crippen LogP contribution in [0.3, 0.4) is 0 Å². The van der Waals surface area contributed by atoms with Gasteiger partial charge in [0.25, 0.3) is 5.56 Å². The maximum atomic E-state index is 11.1. The third-order valence-corrected chi connectivity index (χ3v) is 2.72. The fourth-order valence-corrected chi connectivity index (χ4v) is 1.09. The number of hydrogen-bond donors (Lipinski definition) is 1. The monoisotopic (exact) mass is 286 g/mol. The molecule has 0 aliphatic heterocycles. The molecule has 0 saturated heterocycles. The third kappa shape index (κ3) is 1.71. The Morgan fingerprint density at radius 1 is 1.82 bits per heavy atom. The first kappa shape index (κ1) is 8.95. The lowest BCUT2D eigenvalue weighted by molar-refractivity contribution is 0.188. The fourth-order valence-electron chi connectivity index (χ4n) is 0.546. The zero-order valence-electron chi connectivity index (χ0n) is 5.29. The number of aromatic nitrogens is 2. The van der Waals surface area contributed by atoms with Gasteiger partial charge < -0.3 is 5.11 Å². The quantitative estimate of drug-likeness (QED) is 0.763. The van der Waals surface area contributed by atoms with E-state index in [1.165, 1.54) is 6.20 Å². The van der Waals surface area contributed by atoms with Crippen LogP contribution in [0.5, 0.6) is 0 Å². The Balaban J connectivity index is 3.37. The Hall–Kier alpha value is -0.140. The number of rotatable bonds is 1. The Morgan fingerprint density at radius 3 is 3.00 bits per heavy atom. The molecule has 0 radical (unpaired) electrons. The standard InChI is InChI=1S/C5H4ClIN2O2/c6-3-1-8-9(2-10)5(11)4(3)7/h1,10H,2H2. The highest BCUT2D eigenvalue weighted by atomic mass is 127. The minimum absolute atomic E-state index is 0.306. The van der Waals surface area contributed by atoms with Crippen LogP contribution in [0.1, 0.15) is 0 Å². The minimum atomic E-state index is -0.425. The van der Waals surface area contributed by atoms with Gasteiger partial charge >= 0.3 is 0 Å². The second-order valence-electron chi connectivity index (χ2n) is 1.75. The molecule has 0 saturated carbocycles. The summed E-state index contributed by atoms with van der Waals surface area (Å²) in [6, 6.07) is 0. The largest absolute Gasteiger partial charge is 0.374 e. The molecule has 0 fully saturated rings. The topological polar surface area (TPSA) is 55.1 Å². The molecular weight excluding hydrogens is 282 g/mol. The summed E-state index contributed by atoms with van der Waals surface area (Å²) in [6.45, 7) is -0.425. The van der Waals surface area contributed by atoms with Gasteiger partial charge in [-0.2, -0.15) is 5.10 Å². The van der Waals surface area contributed by atoms with E-state index in [1.54, 1.807) is 22.6 Å². The predicted molar refractivity (Wildman–Crippen MR) is 48.4 cm³/mol. The van der Waals surface area contributed by atoms with Crippen LogP contribution in [0.4, 0.5) is 0 Å². The lowest BCUT2D eigenvalue weighted by atomic mass is 10.6. The van der Waals surface area contributed by atoms with E-state index in [0.717, 1.165) is 4.68 Å². The van der Waals surface area contributed by atoms with Gasteiger partial charge in [-0.25, -0.2) is 4.68 Å². The molecule has 60 valence electrons. The molecule has 1 heterocycles. The van der Waals surface area contributed by atoms with Gasteiger partial charge in [0, 0.05) is 0 Å². The molecule has 1 rings (SSSR count). The number of halogens is 2. The Bertz CT molecular complexity index is 325. The Morgan fingerprint density at radius 2 is 2.45 bits per heavy atom. The van der Waals surface area contributed by atoms with Crippen molar-refractivity contribution >= 4 is 34.2 Å². The van der Waals surface area contributed by atoms with Gasteiger partial charge in [0.2, 0.25) is 0 Å². The molecule has 1 aromatic rings. The maximum Gasteiger partial charge on any atom is 0.283 e. The van der Waals surface area contributed by atoms with E-state index in [0.29, 0.717) is 8.59 Å². The first-order valence-electron chi connectivity index (χ1n) is 2.69. The van der Waals surface area contributed by atoms with Crippen LogP contribution in [-0.2, 0) is 6.73 Å². The second-order valence-corrected chi connectivity index (χ2v) is 3.24. The molecule has 0 atom stereocenters. The van der Waals surface area contributed by atoms with E-state index in [9.17, 15) is 4.79 Å². The molecular formula is C5H4ClIN2O2. The molecule has 0 spiro atoms. The Kier molecular flexibility index (Phi) is 2.85. The number of aliphatic hydroxyl groups excluding tert-OH is 1. The first-order valence-corrected chi connectivity index (χ1v) is 4.14. The highest BCUT2D eigenvalue weighted by Crippen LogP contribution is 2.10. The maximum absolute atomic E-state index is 11.1. The highest BCUT2D eigenvalue weighted by Gasteiger charge is 2.04. The van der Waals surface area contributed by atoms with Crippen LogP contribution in [0, 0.1) is 3.57 Å². The van der Waals surface area contributed by atoms with Gasteiger partial charge in [-0.1, -0.05) is 11.6 Å². The molecule has 6 heteroatoms. The molecule has 0 bridgehead atoms. The third-order valence-electron chi connectivity index (χ3n) is 1.08. The van der Waals surface area contributed by atoms with Gasteiger partial charge in [0.15, 0.2) is 0 Å². The molecule has 4 nitrogen and oxygen atoms in total. The van der Waals surface area contributed by atoms with Crippen LogP contribution >= 0.6 is 34.2 Å². The lowest BCUT2D eigenvalue weighted by Crippen LogP contribution is -2.24. The summed E-state index contributed by atoms with van der Waals surface area (Å²) < 4.78 is 1.29. The van der Waals surface area contributed by atoms with Crippen LogP contribution in [-0.4, -0.2) is 14.9 Å². The number of nitrogens with zero attached hydrogens (tertiary/aromatic N) is 2. The summed E-state index contributed by atoms with van der Waals surface area (Å²) in [5.41, 5.74) is -0.374. The molecule has 0 aromatic carbocycles. The van der Waals surface area contributed by atoms with Crippen molar-refractivity contribution in [2.45, 2.75) is 6.73 Å². The lowest BCUT2D eigenvalue weighted by Gasteiger charge is -1.99. The van der Waals surface area contributed by atoms with Crippen molar-refractivity contribution in [1.29, 1.82) is 0 Å². The fraction of sp³-hybridized carbons (Fsp3) is 0.200. The van der Waals surface area contributed by atoms with Crippen molar-refractivity contribution in [3.63, 3.8) is 0 Å². The summed E-state index contributed by atoms with van der Waals surface area (Å²) >= 11 is 7.38. The van der Waals surface area contributed by atoms with Gasteiger partial charge in [0.1, 0.15) is 10.3 Å². The van der Waals surface area contributed by atoms with Crippen LogP contribution in [0.25, 0.3) is 0 Å². The van der Waals surface area contributed by atoms with Gasteiger partial charge in [-0.05, 0) is 22.6 Å². The summed E-state index contributed by atoms with van der Waals surface area (Å²) in [5, 5.41) is 12.5. The van der Waals surface area contributed by atoms with E-state index in [-0.39, 0.29) is 5.56 Å². The van der Waals surface area contributed by atoms with E-state index >= 15 is 0 Å². The number of hydrogen-bond acceptors (Lipinski definition) is 3. The molecule has 0 aliphatic carbocycles. The summed E-state index contributed by atoms with van der Waals surface area (Å²) in [6.07, 6.45) is 1.32. The minimum Gasteiger partial charge on any atom is -0.374 e. The normalized spacial score (nSPS) is 10.1. The SMILES string of the molecule is O=c1c(I)c(Cl)cnn1CO. The van der Waals surface area contributed by atoms with Crippen molar-refractivity contribution in [3.8, 4) is 0 Å². The van der Waals surface area contributed by atoms with Gasteiger partial charge in [-0.3, -0.25) is 4.79 Å². The van der Waals surface area contributed by atoms with E-state index in [1.807, 2.05) is 0 Å². The molecule has 0 unspecified atom stereocenters. The summed E-state index contributed by atoms with van der Waals surface area (Å²) in [4.78, 5) is 11.1. The zero-order valence-corrected chi connectivity index (χ0v) is 8.20. The molecule has 1 N–H and O–H groups in total. The van der Waals surface area contributed by atoms with Crippen molar-refractivity contribution in [3.05, 3.63) is 25.1 Å². The predicted octanol–water partition coefficient (Wildman–Crippen LogP) is 0.451. The van der Waals surface area contributed by atoms with Crippen molar-refractivity contribution in [2.24, 2.45) is 0 Å². The molecule has 1 aromatic heterocycles. The molecule has 0 amide bonds. The van der Waals surface area contributed by atoms with E-state index in [4.69, 9.17) is 16.7 Å². The molecule has 0 aliphatic rings. The second kappa shape index (κ2) is 3.51. The smallest absolute Gasteiger partial charge is 0.283 e. The average molecular weight is 286 g/mol. The van der Waals surface area contributed by atoms with Crippen molar-refractivity contribution in [1.82, 2.24) is 9.78 Å².